The molecular weight excluding hydrogens is 334 g/mol. The number of carbonyl (C=O) groups excluding carboxylic acids is 2. The van der Waals surface area contributed by atoms with Gasteiger partial charge in [-0.25, -0.2) is 4.79 Å². The van der Waals surface area contributed by atoms with E-state index in [0.717, 1.165) is 19.3 Å². The number of piperazine rings is 1. The SMILES string of the molecule is O=C([C@@H]1CCCN1C(=O)O)N1CC2CCC(C1)N2C(=O)c1ccccc1. The fourth-order valence-corrected chi connectivity index (χ4v) is 4.61. The van der Waals surface area contributed by atoms with Crippen LogP contribution in [-0.4, -0.2) is 75.5 Å². The molecule has 0 spiro atoms. The molecule has 3 aliphatic heterocycles. The maximum atomic E-state index is 12.9. The second-order valence-corrected chi connectivity index (χ2v) is 7.34. The molecule has 2 unspecified atom stereocenters. The Kier molecular flexibility index (Phi) is 4.30. The van der Waals surface area contributed by atoms with Crippen LogP contribution in [0, 0.1) is 0 Å². The van der Waals surface area contributed by atoms with Gasteiger partial charge in [-0.2, -0.15) is 0 Å². The fraction of sp³-hybridized carbons (Fsp3) is 0.526. The zero-order chi connectivity index (χ0) is 18.3. The summed E-state index contributed by atoms with van der Waals surface area (Å²) in [6.07, 6.45) is 2.06. The van der Waals surface area contributed by atoms with E-state index in [-0.39, 0.29) is 23.9 Å². The fourth-order valence-electron chi connectivity index (χ4n) is 4.61. The van der Waals surface area contributed by atoms with E-state index in [0.29, 0.717) is 31.6 Å². The van der Waals surface area contributed by atoms with Crippen molar-refractivity contribution in [3.63, 3.8) is 0 Å². The van der Waals surface area contributed by atoms with Crippen LogP contribution in [0.1, 0.15) is 36.0 Å². The Morgan fingerprint density at radius 2 is 1.62 bits per heavy atom. The minimum atomic E-state index is -1.03. The summed E-state index contributed by atoms with van der Waals surface area (Å²) in [5.74, 6) is -0.0770. The van der Waals surface area contributed by atoms with E-state index < -0.39 is 12.1 Å². The predicted octanol–water partition coefficient (Wildman–Crippen LogP) is 1.64. The zero-order valence-corrected chi connectivity index (χ0v) is 14.6. The molecule has 3 fully saturated rings. The molecule has 0 aromatic heterocycles. The van der Waals surface area contributed by atoms with Gasteiger partial charge < -0.3 is 14.9 Å². The lowest BCUT2D eigenvalue weighted by atomic mass is 10.1. The van der Waals surface area contributed by atoms with Gasteiger partial charge >= 0.3 is 6.09 Å². The highest BCUT2D eigenvalue weighted by Crippen LogP contribution is 2.33. The maximum Gasteiger partial charge on any atom is 0.407 e. The van der Waals surface area contributed by atoms with Crippen molar-refractivity contribution in [3.05, 3.63) is 35.9 Å². The number of benzene rings is 1. The summed E-state index contributed by atoms with van der Waals surface area (Å²) in [5, 5.41) is 9.29. The molecule has 3 saturated heterocycles. The summed E-state index contributed by atoms with van der Waals surface area (Å²) < 4.78 is 0. The normalized spacial score (nSPS) is 27.7. The van der Waals surface area contributed by atoms with E-state index in [2.05, 4.69) is 0 Å². The van der Waals surface area contributed by atoms with Gasteiger partial charge in [0.05, 0.1) is 12.1 Å². The van der Waals surface area contributed by atoms with Gasteiger partial charge in [0, 0.05) is 25.2 Å². The van der Waals surface area contributed by atoms with Crippen molar-refractivity contribution in [1.29, 1.82) is 0 Å². The van der Waals surface area contributed by atoms with Crippen LogP contribution in [0.15, 0.2) is 30.3 Å². The second kappa shape index (κ2) is 6.63. The van der Waals surface area contributed by atoms with Crippen LogP contribution in [0.2, 0.25) is 0 Å². The highest BCUT2D eigenvalue weighted by Gasteiger charge is 2.46. The van der Waals surface area contributed by atoms with Gasteiger partial charge in [0.1, 0.15) is 6.04 Å². The lowest BCUT2D eigenvalue weighted by Gasteiger charge is -2.42. The third-order valence-corrected chi connectivity index (χ3v) is 5.83. The molecule has 3 heterocycles. The van der Waals surface area contributed by atoms with Crippen molar-refractivity contribution in [2.75, 3.05) is 19.6 Å². The molecule has 0 aliphatic carbocycles. The highest BCUT2D eigenvalue weighted by molar-refractivity contribution is 5.95. The van der Waals surface area contributed by atoms with Crippen molar-refractivity contribution in [2.45, 2.75) is 43.8 Å². The molecular formula is C19H23N3O4. The van der Waals surface area contributed by atoms with Crippen LogP contribution in [0.5, 0.6) is 0 Å². The molecule has 3 atom stereocenters. The highest BCUT2D eigenvalue weighted by atomic mass is 16.4. The van der Waals surface area contributed by atoms with Crippen molar-refractivity contribution in [2.24, 2.45) is 0 Å². The van der Waals surface area contributed by atoms with Gasteiger partial charge in [-0.3, -0.25) is 14.5 Å². The average molecular weight is 357 g/mol. The maximum absolute atomic E-state index is 12.9. The number of carbonyl (C=O) groups is 3. The number of hydrogen-bond donors (Lipinski definition) is 1. The lowest BCUT2D eigenvalue weighted by Crippen LogP contribution is -2.59. The lowest BCUT2D eigenvalue weighted by molar-refractivity contribution is -0.138. The van der Waals surface area contributed by atoms with E-state index in [1.54, 1.807) is 4.90 Å². The number of nitrogens with zero attached hydrogens (tertiary/aromatic N) is 3. The third kappa shape index (κ3) is 2.81. The Bertz CT molecular complexity index is 709. The van der Waals surface area contributed by atoms with Crippen molar-refractivity contribution < 1.29 is 19.5 Å². The monoisotopic (exact) mass is 357 g/mol. The number of hydrogen-bond acceptors (Lipinski definition) is 3. The van der Waals surface area contributed by atoms with E-state index in [1.807, 2.05) is 35.2 Å². The van der Waals surface area contributed by atoms with Gasteiger partial charge in [-0.05, 0) is 37.8 Å². The topological polar surface area (TPSA) is 81.2 Å². The summed E-state index contributed by atoms with van der Waals surface area (Å²) in [6, 6.07) is 8.71. The summed E-state index contributed by atoms with van der Waals surface area (Å²) in [5.41, 5.74) is 0.678. The van der Waals surface area contributed by atoms with Crippen molar-refractivity contribution >= 4 is 17.9 Å². The molecule has 138 valence electrons. The van der Waals surface area contributed by atoms with Crippen LogP contribution in [0.25, 0.3) is 0 Å². The van der Waals surface area contributed by atoms with Crippen LogP contribution in [0.4, 0.5) is 4.79 Å². The molecule has 3 amide bonds. The molecule has 1 aromatic rings. The van der Waals surface area contributed by atoms with E-state index in [4.69, 9.17) is 0 Å². The molecule has 0 saturated carbocycles. The first kappa shape index (κ1) is 16.9. The van der Waals surface area contributed by atoms with Gasteiger partial charge in [-0.1, -0.05) is 18.2 Å². The first-order valence-electron chi connectivity index (χ1n) is 9.22. The predicted molar refractivity (Wildman–Crippen MR) is 93.8 cm³/mol. The van der Waals surface area contributed by atoms with E-state index in [1.165, 1.54) is 4.90 Å². The number of rotatable bonds is 2. The zero-order valence-electron chi connectivity index (χ0n) is 14.6. The molecule has 7 heteroatoms. The molecule has 3 aliphatic rings. The number of likely N-dealkylation sites (tertiary alicyclic amines) is 2. The molecule has 7 nitrogen and oxygen atoms in total. The minimum absolute atomic E-state index is 0.0186. The summed E-state index contributed by atoms with van der Waals surface area (Å²) in [7, 11) is 0. The van der Waals surface area contributed by atoms with Gasteiger partial charge in [0.25, 0.3) is 5.91 Å². The van der Waals surface area contributed by atoms with Crippen LogP contribution < -0.4 is 0 Å². The Balaban J connectivity index is 1.47. The Hall–Kier alpha value is -2.57. The molecule has 2 bridgehead atoms. The Morgan fingerprint density at radius 1 is 0.962 bits per heavy atom. The summed E-state index contributed by atoms with van der Waals surface area (Å²) >= 11 is 0. The first-order valence-corrected chi connectivity index (χ1v) is 9.22. The van der Waals surface area contributed by atoms with Gasteiger partial charge in [0.2, 0.25) is 5.91 Å². The minimum Gasteiger partial charge on any atom is -0.465 e. The molecule has 1 aromatic carbocycles. The first-order chi connectivity index (χ1) is 12.6. The number of carboxylic acid groups (broad SMARTS) is 1. The Morgan fingerprint density at radius 3 is 2.23 bits per heavy atom. The van der Waals surface area contributed by atoms with Crippen LogP contribution in [0.3, 0.4) is 0 Å². The van der Waals surface area contributed by atoms with Gasteiger partial charge in [0.15, 0.2) is 0 Å². The largest absolute Gasteiger partial charge is 0.465 e. The summed E-state index contributed by atoms with van der Waals surface area (Å²) in [4.78, 5) is 42.1. The molecule has 4 rings (SSSR count). The second-order valence-electron chi connectivity index (χ2n) is 7.34. The smallest absolute Gasteiger partial charge is 0.407 e. The summed E-state index contributed by atoms with van der Waals surface area (Å²) in [6.45, 7) is 1.42. The standard InChI is InChI=1S/C19H23N3O4/c23-17(13-5-2-1-3-6-13)22-14-8-9-15(22)12-20(11-14)18(24)16-7-4-10-21(16)19(25)26/h1-3,5-6,14-16H,4,7-12H2,(H,25,26)/t14?,15?,16-/m0/s1. The third-order valence-electron chi connectivity index (χ3n) is 5.83. The van der Waals surface area contributed by atoms with Crippen LogP contribution in [-0.2, 0) is 4.79 Å². The van der Waals surface area contributed by atoms with E-state index in [9.17, 15) is 19.5 Å². The Labute approximate surface area is 152 Å². The quantitative estimate of drug-likeness (QED) is 0.873. The van der Waals surface area contributed by atoms with Crippen molar-refractivity contribution in [1.82, 2.24) is 14.7 Å². The number of amides is 3. The van der Waals surface area contributed by atoms with Gasteiger partial charge in [-0.15, -0.1) is 0 Å². The molecule has 1 N–H and O–H groups in total. The van der Waals surface area contributed by atoms with Crippen LogP contribution >= 0.6 is 0 Å². The van der Waals surface area contributed by atoms with Crippen molar-refractivity contribution in [3.8, 4) is 0 Å². The molecule has 0 radical (unpaired) electrons. The number of fused-ring (bicyclic) bond motifs is 2. The van der Waals surface area contributed by atoms with E-state index >= 15 is 0 Å². The molecule has 26 heavy (non-hydrogen) atoms. The average Bonchev–Trinajstić information content (AvgIpc) is 3.24.